The molecule has 0 fully saturated rings. The van der Waals surface area contributed by atoms with Crippen molar-refractivity contribution in [2.45, 2.75) is 6.92 Å². The second-order valence-electron chi connectivity index (χ2n) is 3.02. The molecule has 0 amide bonds. The number of nitrogens with one attached hydrogen (secondary N) is 1. The van der Waals surface area contributed by atoms with Gasteiger partial charge in [-0.2, -0.15) is 5.10 Å². The molecule has 0 atom stereocenters. The lowest BCUT2D eigenvalue weighted by molar-refractivity contribution is 0.767. The second-order valence-corrected chi connectivity index (χ2v) is 3.02. The quantitative estimate of drug-likeness (QED) is 0.788. The summed E-state index contributed by atoms with van der Waals surface area (Å²) in [5.74, 6) is 0.848. The Morgan fingerprint density at radius 3 is 3.00 bits per heavy atom. The molecule has 2 aromatic rings. The number of aryl methyl sites for hydroxylation is 1. The highest BCUT2D eigenvalue weighted by Gasteiger charge is 2.04. The predicted molar refractivity (Wildman–Crippen MR) is 54.5 cm³/mol. The highest BCUT2D eigenvalue weighted by atomic mass is 15.3. The van der Waals surface area contributed by atoms with Gasteiger partial charge in [0, 0.05) is 32.2 Å². The maximum Gasteiger partial charge on any atom is 0.207 e. The number of aromatic nitrogens is 4. The standard InChI is InChI=1S/C9H13N5/c1-3-10-9-11-4-5-14(9)8-6-12-13(2)7-8/h4-7H,3H2,1-2H3,(H,10,11). The minimum atomic E-state index is 0.848. The van der Waals surface area contributed by atoms with Crippen LogP contribution in [0.3, 0.4) is 0 Å². The van der Waals surface area contributed by atoms with Gasteiger partial charge >= 0.3 is 0 Å². The normalized spacial score (nSPS) is 10.4. The van der Waals surface area contributed by atoms with Crippen LogP contribution in [0, 0.1) is 0 Å². The number of rotatable bonds is 3. The molecule has 5 heteroatoms. The van der Waals surface area contributed by atoms with E-state index in [4.69, 9.17) is 0 Å². The molecule has 0 saturated carbocycles. The third kappa shape index (κ3) is 1.48. The molecule has 2 rings (SSSR count). The number of hydrogen-bond donors (Lipinski definition) is 1. The van der Waals surface area contributed by atoms with Gasteiger partial charge in [0.05, 0.1) is 11.9 Å². The molecule has 0 unspecified atom stereocenters. The molecule has 0 radical (unpaired) electrons. The van der Waals surface area contributed by atoms with Crippen LogP contribution in [-0.2, 0) is 7.05 Å². The summed E-state index contributed by atoms with van der Waals surface area (Å²) in [4.78, 5) is 4.21. The van der Waals surface area contributed by atoms with Crippen LogP contribution in [0.25, 0.3) is 5.69 Å². The minimum Gasteiger partial charge on any atom is -0.356 e. The van der Waals surface area contributed by atoms with E-state index >= 15 is 0 Å². The molecule has 0 bridgehead atoms. The van der Waals surface area contributed by atoms with Crippen LogP contribution in [0.4, 0.5) is 5.95 Å². The van der Waals surface area contributed by atoms with Gasteiger partial charge in [0.2, 0.25) is 5.95 Å². The third-order valence-electron chi connectivity index (χ3n) is 1.95. The minimum absolute atomic E-state index is 0.848. The topological polar surface area (TPSA) is 47.7 Å². The van der Waals surface area contributed by atoms with Crippen molar-refractivity contribution in [3.63, 3.8) is 0 Å². The Morgan fingerprint density at radius 1 is 1.50 bits per heavy atom. The van der Waals surface area contributed by atoms with Crippen LogP contribution < -0.4 is 5.32 Å². The average molecular weight is 191 g/mol. The number of imidazole rings is 1. The summed E-state index contributed by atoms with van der Waals surface area (Å²) in [6, 6.07) is 0. The van der Waals surface area contributed by atoms with Gasteiger partial charge in [-0.05, 0) is 6.92 Å². The molecule has 2 heterocycles. The van der Waals surface area contributed by atoms with E-state index in [2.05, 4.69) is 15.4 Å². The molecule has 2 aromatic heterocycles. The fourth-order valence-corrected chi connectivity index (χ4v) is 1.33. The zero-order valence-corrected chi connectivity index (χ0v) is 8.31. The average Bonchev–Trinajstić information content (AvgIpc) is 2.74. The van der Waals surface area contributed by atoms with Crippen LogP contribution in [-0.4, -0.2) is 25.9 Å². The Balaban J connectivity index is 2.36. The molecule has 0 aromatic carbocycles. The van der Waals surface area contributed by atoms with E-state index in [0.717, 1.165) is 18.2 Å². The zero-order valence-electron chi connectivity index (χ0n) is 8.31. The largest absolute Gasteiger partial charge is 0.356 e. The molecule has 1 N–H and O–H groups in total. The van der Waals surface area contributed by atoms with Crippen LogP contribution in [0.1, 0.15) is 6.92 Å². The van der Waals surface area contributed by atoms with Gasteiger partial charge in [-0.25, -0.2) is 4.98 Å². The lowest BCUT2D eigenvalue weighted by Gasteiger charge is -2.04. The first kappa shape index (κ1) is 8.80. The van der Waals surface area contributed by atoms with Gasteiger partial charge in [0.15, 0.2) is 0 Å². The Morgan fingerprint density at radius 2 is 2.36 bits per heavy atom. The summed E-state index contributed by atoms with van der Waals surface area (Å²) >= 11 is 0. The summed E-state index contributed by atoms with van der Waals surface area (Å²) in [6.07, 6.45) is 7.44. The maximum absolute atomic E-state index is 4.21. The number of hydrogen-bond acceptors (Lipinski definition) is 3. The van der Waals surface area contributed by atoms with Crippen molar-refractivity contribution < 1.29 is 0 Å². The molecule has 74 valence electrons. The van der Waals surface area contributed by atoms with Gasteiger partial charge in [-0.1, -0.05) is 0 Å². The zero-order chi connectivity index (χ0) is 9.97. The Labute approximate surface area is 82.4 Å². The lowest BCUT2D eigenvalue weighted by atomic mass is 10.5. The summed E-state index contributed by atoms with van der Waals surface area (Å²) in [5.41, 5.74) is 1.01. The van der Waals surface area contributed by atoms with Crippen molar-refractivity contribution in [2.24, 2.45) is 7.05 Å². The Bertz CT molecular complexity index is 414. The van der Waals surface area contributed by atoms with Crippen molar-refractivity contribution in [2.75, 3.05) is 11.9 Å². The van der Waals surface area contributed by atoms with Crippen LogP contribution in [0.2, 0.25) is 0 Å². The highest BCUT2D eigenvalue weighted by Crippen LogP contribution is 2.12. The van der Waals surface area contributed by atoms with E-state index in [1.807, 2.05) is 37.1 Å². The van der Waals surface area contributed by atoms with Gasteiger partial charge in [-0.15, -0.1) is 0 Å². The summed E-state index contributed by atoms with van der Waals surface area (Å²) in [6.45, 7) is 2.90. The first-order chi connectivity index (χ1) is 6.81. The van der Waals surface area contributed by atoms with Crippen LogP contribution in [0.5, 0.6) is 0 Å². The van der Waals surface area contributed by atoms with E-state index in [0.29, 0.717) is 0 Å². The van der Waals surface area contributed by atoms with Crippen LogP contribution >= 0.6 is 0 Å². The number of nitrogens with zero attached hydrogens (tertiary/aromatic N) is 4. The molecule has 0 aliphatic rings. The molecular weight excluding hydrogens is 178 g/mol. The highest BCUT2D eigenvalue weighted by molar-refractivity contribution is 5.38. The van der Waals surface area contributed by atoms with Gasteiger partial charge in [0.1, 0.15) is 0 Å². The van der Waals surface area contributed by atoms with E-state index in [9.17, 15) is 0 Å². The fourth-order valence-electron chi connectivity index (χ4n) is 1.33. The molecular formula is C9H13N5. The van der Waals surface area contributed by atoms with Crippen molar-refractivity contribution >= 4 is 5.95 Å². The SMILES string of the molecule is CCNc1nccn1-c1cnn(C)c1. The first-order valence-corrected chi connectivity index (χ1v) is 4.57. The summed E-state index contributed by atoms with van der Waals surface area (Å²) in [5, 5.41) is 7.29. The summed E-state index contributed by atoms with van der Waals surface area (Å²) < 4.78 is 3.74. The van der Waals surface area contributed by atoms with Gasteiger partial charge in [0.25, 0.3) is 0 Å². The summed E-state index contributed by atoms with van der Waals surface area (Å²) in [7, 11) is 1.90. The van der Waals surface area contributed by atoms with Crippen molar-refractivity contribution in [3.05, 3.63) is 24.8 Å². The van der Waals surface area contributed by atoms with E-state index in [1.165, 1.54) is 0 Å². The Hall–Kier alpha value is -1.78. The maximum atomic E-state index is 4.21. The van der Waals surface area contributed by atoms with Crippen molar-refractivity contribution in [3.8, 4) is 5.69 Å². The molecule has 5 nitrogen and oxygen atoms in total. The van der Waals surface area contributed by atoms with Gasteiger partial charge in [-0.3, -0.25) is 9.25 Å². The Kier molecular flexibility index (Phi) is 2.22. The van der Waals surface area contributed by atoms with E-state index in [1.54, 1.807) is 10.9 Å². The molecule has 0 spiro atoms. The monoisotopic (exact) mass is 191 g/mol. The van der Waals surface area contributed by atoms with Gasteiger partial charge < -0.3 is 5.32 Å². The van der Waals surface area contributed by atoms with Crippen molar-refractivity contribution in [1.29, 1.82) is 0 Å². The first-order valence-electron chi connectivity index (χ1n) is 4.57. The fraction of sp³-hybridized carbons (Fsp3) is 0.333. The number of anilines is 1. The third-order valence-corrected chi connectivity index (χ3v) is 1.95. The lowest BCUT2D eigenvalue weighted by Crippen LogP contribution is -2.04. The smallest absolute Gasteiger partial charge is 0.207 e. The molecule has 0 aliphatic carbocycles. The van der Waals surface area contributed by atoms with Crippen molar-refractivity contribution in [1.82, 2.24) is 19.3 Å². The van der Waals surface area contributed by atoms with Crippen LogP contribution in [0.15, 0.2) is 24.8 Å². The van der Waals surface area contributed by atoms with E-state index < -0.39 is 0 Å². The molecule has 0 aliphatic heterocycles. The second kappa shape index (κ2) is 3.53. The molecule has 0 saturated heterocycles. The predicted octanol–water partition coefficient (Wildman–Crippen LogP) is 1.04. The molecule has 14 heavy (non-hydrogen) atoms. The van der Waals surface area contributed by atoms with E-state index in [-0.39, 0.29) is 0 Å².